The average Bonchev–Trinajstić information content (AvgIpc) is 2.55. The number of fused-ring (bicyclic) bond motifs is 1. The Morgan fingerprint density at radius 1 is 0.952 bits per heavy atom. The van der Waals surface area contributed by atoms with Crippen LogP contribution in [0.1, 0.15) is 0 Å². The van der Waals surface area contributed by atoms with E-state index in [1.165, 1.54) is 0 Å². The third-order valence-electron chi connectivity index (χ3n) is 3.19. The Morgan fingerprint density at radius 3 is 2.52 bits per heavy atom. The largest absolute Gasteiger partial charge is 0.495 e. The second kappa shape index (κ2) is 5.66. The quantitative estimate of drug-likeness (QED) is 0.766. The molecule has 0 saturated heterocycles. The van der Waals surface area contributed by atoms with Crippen LogP contribution in [0.15, 0.2) is 48.5 Å². The van der Waals surface area contributed by atoms with Crippen LogP contribution in [0.2, 0.25) is 0 Å². The van der Waals surface area contributed by atoms with Gasteiger partial charge >= 0.3 is 0 Å². The van der Waals surface area contributed by atoms with E-state index in [9.17, 15) is 0 Å². The van der Waals surface area contributed by atoms with Crippen molar-refractivity contribution >= 4 is 28.4 Å². The van der Waals surface area contributed by atoms with Crippen molar-refractivity contribution in [2.45, 2.75) is 0 Å². The molecule has 5 nitrogen and oxygen atoms in total. The minimum Gasteiger partial charge on any atom is -0.495 e. The number of methoxy groups -OCH3 is 1. The van der Waals surface area contributed by atoms with E-state index < -0.39 is 0 Å². The maximum Gasteiger partial charge on any atom is 0.224 e. The highest BCUT2D eigenvalue weighted by molar-refractivity contribution is 5.92. The SMILES string of the molecule is CNc1nc(Nc2ccccc2OC)c2ccccc2n1. The Kier molecular flexibility index (Phi) is 3.55. The molecule has 0 amide bonds. The third-order valence-corrected chi connectivity index (χ3v) is 3.19. The number of aromatic nitrogens is 2. The van der Waals surface area contributed by atoms with Gasteiger partial charge in [-0.3, -0.25) is 0 Å². The van der Waals surface area contributed by atoms with Gasteiger partial charge in [-0.05, 0) is 24.3 Å². The molecule has 0 aliphatic heterocycles. The van der Waals surface area contributed by atoms with E-state index in [0.717, 1.165) is 28.2 Å². The minimum atomic E-state index is 0.575. The summed E-state index contributed by atoms with van der Waals surface area (Å²) in [4.78, 5) is 8.95. The molecule has 0 spiro atoms. The monoisotopic (exact) mass is 280 g/mol. The van der Waals surface area contributed by atoms with Crippen LogP contribution in [0.4, 0.5) is 17.5 Å². The molecule has 5 heteroatoms. The summed E-state index contributed by atoms with van der Waals surface area (Å²) in [5.74, 6) is 2.09. The van der Waals surface area contributed by atoms with Crippen LogP contribution in [0.25, 0.3) is 10.9 Å². The normalized spacial score (nSPS) is 10.4. The van der Waals surface area contributed by atoms with Crippen molar-refractivity contribution in [3.8, 4) is 5.75 Å². The Hall–Kier alpha value is -2.82. The smallest absolute Gasteiger partial charge is 0.224 e. The van der Waals surface area contributed by atoms with Gasteiger partial charge < -0.3 is 15.4 Å². The summed E-state index contributed by atoms with van der Waals surface area (Å²) in [6.07, 6.45) is 0. The van der Waals surface area contributed by atoms with Crippen molar-refractivity contribution in [2.75, 3.05) is 24.8 Å². The molecule has 1 aromatic heterocycles. The summed E-state index contributed by atoms with van der Waals surface area (Å²) in [6, 6.07) is 15.6. The average molecular weight is 280 g/mol. The highest BCUT2D eigenvalue weighted by Crippen LogP contribution is 2.30. The van der Waals surface area contributed by atoms with Crippen LogP contribution >= 0.6 is 0 Å². The maximum atomic E-state index is 5.36. The fraction of sp³-hybridized carbons (Fsp3) is 0.125. The summed E-state index contributed by atoms with van der Waals surface area (Å²) in [5.41, 5.74) is 1.75. The second-order valence-electron chi connectivity index (χ2n) is 4.49. The standard InChI is InChI=1S/C16H16N4O/c1-17-16-19-12-8-4-3-7-11(12)15(20-16)18-13-9-5-6-10-14(13)21-2/h3-10H,1-2H3,(H2,17,18,19,20). The van der Waals surface area contributed by atoms with Gasteiger partial charge in [0, 0.05) is 12.4 Å². The van der Waals surface area contributed by atoms with Gasteiger partial charge in [-0.1, -0.05) is 24.3 Å². The fourth-order valence-electron chi connectivity index (χ4n) is 2.16. The van der Waals surface area contributed by atoms with E-state index in [1.54, 1.807) is 14.2 Å². The van der Waals surface area contributed by atoms with Gasteiger partial charge in [-0.15, -0.1) is 0 Å². The summed E-state index contributed by atoms with van der Waals surface area (Å²) in [7, 11) is 3.45. The van der Waals surface area contributed by atoms with Crippen molar-refractivity contribution in [1.82, 2.24) is 9.97 Å². The number of para-hydroxylation sites is 3. The third kappa shape index (κ3) is 2.58. The number of rotatable bonds is 4. The van der Waals surface area contributed by atoms with Crippen LogP contribution in [-0.2, 0) is 0 Å². The lowest BCUT2D eigenvalue weighted by Crippen LogP contribution is -2.02. The molecule has 106 valence electrons. The van der Waals surface area contributed by atoms with E-state index in [4.69, 9.17) is 4.74 Å². The first-order valence-electron chi connectivity index (χ1n) is 6.66. The lowest BCUT2D eigenvalue weighted by molar-refractivity contribution is 0.417. The van der Waals surface area contributed by atoms with Crippen LogP contribution in [-0.4, -0.2) is 24.1 Å². The topological polar surface area (TPSA) is 59.1 Å². The molecule has 2 aromatic carbocycles. The predicted molar refractivity (Wildman–Crippen MR) is 85.4 cm³/mol. The van der Waals surface area contributed by atoms with Gasteiger partial charge in [0.2, 0.25) is 5.95 Å². The molecule has 0 saturated carbocycles. The number of benzene rings is 2. The summed E-state index contributed by atoms with van der Waals surface area (Å²) in [5, 5.41) is 7.27. The first-order chi connectivity index (χ1) is 10.3. The molecule has 3 rings (SSSR count). The molecule has 2 N–H and O–H groups in total. The van der Waals surface area contributed by atoms with Crippen LogP contribution in [0.5, 0.6) is 5.75 Å². The van der Waals surface area contributed by atoms with Crippen molar-refractivity contribution in [3.05, 3.63) is 48.5 Å². The maximum absolute atomic E-state index is 5.36. The second-order valence-corrected chi connectivity index (χ2v) is 4.49. The first-order valence-corrected chi connectivity index (χ1v) is 6.66. The molecule has 0 bridgehead atoms. The summed E-state index contributed by atoms with van der Waals surface area (Å²) in [6.45, 7) is 0. The van der Waals surface area contributed by atoms with Crippen molar-refractivity contribution in [1.29, 1.82) is 0 Å². The Labute approximate surface area is 123 Å². The van der Waals surface area contributed by atoms with Crippen LogP contribution in [0, 0.1) is 0 Å². The number of hydrogen-bond donors (Lipinski definition) is 2. The summed E-state index contributed by atoms with van der Waals surface area (Å²) < 4.78 is 5.36. The molecule has 0 unspecified atom stereocenters. The van der Waals surface area contributed by atoms with Gasteiger partial charge in [0.1, 0.15) is 11.6 Å². The molecule has 1 heterocycles. The van der Waals surface area contributed by atoms with Gasteiger partial charge in [0.15, 0.2) is 0 Å². The van der Waals surface area contributed by atoms with Gasteiger partial charge in [0.05, 0.1) is 18.3 Å². The molecular formula is C16H16N4O. The summed E-state index contributed by atoms with van der Waals surface area (Å²) >= 11 is 0. The number of nitrogens with zero attached hydrogens (tertiary/aromatic N) is 2. The van der Waals surface area contributed by atoms with Gasteiger partial charge in [-0.2, -0.15) is 4.98 Å². The zero-order chi connectivity index (χ0) is 14.7. The number of nitrogens with one attached hydrogen (secondary N) is 2. The van der Waals surface area contributed by atoms with Crippen molar-refractivity contribution < 1.29 is 4.74 Å². The molecule has 0 aliphatic carbocycles. The van der Waals surface area contributed by atoms with Crippen LogP contribution < -0.4 is 15.4 Å². The molecule has 0 radical (unpaired) electrons. The van der Waals surface area contributed by atoms with Crippen LogP contribution in [0.3, 0.4) is 0 Å². The Bertz CT molecular complexity index is 773. The number of hydrogen-bond acceptors (Lipinski definition) is 5. The van der Waals surface area contributed by atoms with E-state index >= 15 is 0 Å². The molecule has 0 atom stereocenters. The van der Waals surface area contributed by atoms with Gasteiger partial charge in [0.25, 0.3) is 0 Å². The van der Waals surface area contributed by atoms with Gasteiger partial charge in [-0.25, -0.2) is 4.98 Å². The fourth-order valence-corrected chi connectivity index (χ4v) is 2.16. The minimum absolute atomic E-state index is 0.575. The van der Waals surface area contributed by atoms with E-state index in [-0.39, 0.29) is 0 Å². The molecule has 21 heavy (non-hydrogen) atoms. The van der Waals surface area contributed by atoms with E-state index in [2.05, 4.69) is 20.6 Å². The zero-order valence-electron chi connectivity index (χ0n) is 11.9. The zero-order valence-corrected chi connectivity index (χ0v) is 11.9. The Balaban J connectivity index is 2.11. The first kappa shape index (κ1) is 13.2. The van der Waals surface area contributed by atoms with Crippen molar-refractivity contribution in [3.63, 3.8) is 0 Å². The number of anilines is 3. The lowest BCUT2D eigenvalue weighted by atomic mass is 10.2. The van der Waals surface area contributed by atoms with E-state index in [0.29, 0.717) is 5.95 Å². The molecule has 0 aliphatic rings. The number of ether oxygens (including phenoxy) is 1. The molecular weight excluding hydrogens is 264 g/mol. The highest BCUT2D eigenvalue weighted by Gasteiger charge is 2.09. The highest BCUT2D eigenvalue weighted by atomic mass is 16.5. The predicted octanol–water partition coefficient (Wildman–Crippen LogP) is 3.42. The lowest BCUT2D eigenvalue weighted by Gasteiger charge is -2.13. The van der Waals surface area contributed by atoms with E-state index in [1.807, 2.05) is 48.5 Å². The molecule has 0 fully saturated rings. The molecule has 3 aromatic rings. The Morgan fingerprint density at radius 2 is 1.71 bits per heavy atom. The van der Waals surface area contributed by atoms with Crippen molar-refractivity contribution in [2.24, 2.45) is 0 Å².